The maximum Gasteiger partial charge on any atom is 0.267 e. The molecule has 0 saturated carbocycles. The summed E-state index contributed by atoms with van der Waals surface area (Å²) in [4.78, 5) is 21.6. The van der Waals surface area contributed by atoms with E-state index in [0.717, 1.165) is 5.56 Å². The van der Waals surface area contributed by atoms with Crippen molar-refractivity contribution in [3.05, 3.63) is 63.4 Å². The van der Waals surface area contributed by atoms with Gasteiger partial charge in [-0.1, -0.05) is 17.7 Å². The minimum Gasteiger partial charge on any atom is -0.322 e. The average molecular weight is 315 g/mol. The number of halogens is 1. The molecule has 3 aromatic rings. The topological polar surface area (TPSA) is 73.8 Å². The summed E-state index contributed by atoms with van der Waals surface area (Å²) in [6.45, 7) is 3.70. The highest BCUT2D eigenvalue weighted by molar-refractivity contribution is 6.35. The van der Waals surface area contributed by atoms with Crippen LogP contribution in [0.1, 0.15) is 24.4 Å². The number of aryl methyl sites for hydroxylation is 1. The molecule has 0 spiro atoms. The van der Waals surface area contributed by atoms with Gasteiger partial charge in [-0.05, 0) is 37.6 Å². The monoisotopic (exact) mass is 314 g/mol. The molecule has 0 saturated heterocycles. The summed E-state index contributed by atoms with van der Waals surface area (Å²) in [5, 5.41) is 0.762. The van der Waals surface area contributed by atoms with Gasteiger partial charge in [0.2, 0.25) is 0 Å². The summed E-state index contributed by atoms with van der Waals surface area (Å²) in [6, 6.07) is 6.63. The molecule has 0 bridgehead atoms. The number of fused-ring (bicyclic) bond motifs is 1. The molecule has 5 nitrogen and oxygen atoms in total. The van der Waals surface area contributed by atoms with E-state index in [2.05, 4.69) is 9.97 Å². The van der Waals surface area contributed by atoms with E-state index in [0.29, 0.717) is 27.4 Å². The third-order valence-corrected chi connectivity index (χ3v) is 3.85. The van der Waals surface area contributed by atoms with Gasteiger partial charge in [-0.2, -0.15) is 0 Å². The van der Waals surface area contributed by atoms with Crippen LogP contribution in [0.5, 0.6) is 0 Å². The van der Waals surface area contributed by atoms with Crippen LogP contribution >= 0.6 is 11.6 Å². The second kappa shape index (κ2) is 5.51. The highest BCUT2D eigenvalue weighted by Gasteiger charge is 2.18. The quantitative estimate of drug-likeness (QED) is 0.789. The van der Waals surface area contributed by atoms with Crippen LogP contribution in [0.25, 0.3) is 16.6 Å². The zero-order valence-corrected chi connectivity index (χ0v) is 13.0. The molecule has 1 unspecified atom stereocenters. The highest BCUT2D eigenvalue weighted by Crippen LogP contribution is 2.22. The molecule has 6 heteroatoms. The molecule has 22 heavy (non-hydrogen) atoms. The fraction of sp³-hybridized carbons (Fsp3) is 0.188. The van der Waals surface area contributed by atoms with Gasteiger partial charge in [-0.15, -0.1) is 0 Å². The van der Waals surface area contributed by atoms with E-state index in [1.807, 2.05) is 13.0 Å². The van der Waals surface area contributed by atoms with Crippen molar-refractivity contribution in [3.63, 3.8) is 0 Å². The van der Waals surface area contributed by atoms with Crippen molar-refractivity contribution < 1.29 is 0 Å². The Morgan fingerprint density at radius 2 is 2.09 bits per heavy atom. The SMILES string of the molecule is Cc1ccncc1-n1c(C(C)N)nc2cccc(Cl)c2c1=O. The lowest BCUT2D eigenvalue weighted by Gasteiger charge is -2.17. The Morgan fingerprint density at radius 3 is 2.77 bits per heavy atom. The number of hydrogen-bond donors (Lipinski definition) is 1. The van der Waals surface area contributed by atoms with Gasteiger partial charge >= 0.3 is 0 Å². The molecular weight excluding hydrogens is 300 g/mol. The molecule has 0 aliphatic carbocycles. The predicted molar refractivity (Wildman–Crippen MR) is 87.5 cm³/mol. The van der Waals surface area contributed by atoms with Gasteiger partial charge in [0.05, 0.1) is 33.9 Å². The molecule has 0 amide bonds. The Balaban J connectivity index is 2.50. The van der Waals surface area contributed by atoms with Crippen LogP contribution in [-0.4, -0.2) is 14.5 Å². The van der Waals surface area contributed by atoms with Crippen molar-refractivity contribution >= 4 is 22.5 Å². The first-order valence-electron chi connectivity index (χ1n) is 6.88. The van der Waals surface area contributed by atoms with E-state index in [1.165, 1.54) is 4.57 Å². The van der Waals surface area contributed by atoms with Crippen LogP contribution < -0.4 is 11.3 Å². The van der Waals surface area contributed by atoms with E-state index in [-0.39, 0.29) is 5.56 Å². The number of nitrogens with zero attached hydrogens (tertiary/aromatic N) is 3. The third kappa shape index (κ3) is 2.28. The summed E-state index contributed by atoms with van der Waals surface area (Å²) in [7, 11) is 0. The molecule has 0 aliphatic heterocycles. The molecule has 1 atom stereocenters. The van der Waals surface area contributed by atoms with Crippen LogP contribution in [-0.2, 0) is 0 Å². The van der Waals surface area contributed by atoms with Crippen molar-refractivity contribution in [2.45, 2.75) is 19.9 Å². The maximum atomic E-state index is 13.0. The van der Waals surface area contributed by atoms with Gasteiger partial charge < -0.3 is 5.73 Å². The molecule has 3 rings (SSSR count). The van der Waals surface area contributed by atoms with Crippen molar-refractivity contribution in [1.82, 2.24) is 14.5 Å². The molecule has 0 fully saturated rings. The number of benzene rings is 1. The van der Waals surface area contributed by atoms with Crippen LogP contribution in [0.4, 0.5) is 0 Å². The zero-order valence-electron chi connectivity index (χ0n) is 12.2. The van der Waals surface area contributed by atoms with Gasteiger partial charge in [-0.3, -0.25) is 14.3 Å². The molecule has 0 radical (unpaired) electrons. The molecule has 2 N–H and O–H groups in total. The Morgan fingerprint density at radius 1 is 1.32 bits per heavy atom. The van der Waals surface area contributed by atoms with Crippen molar-refractivity contribution in [2.75, 3.05) is 0 Å². The highest BCUT2D eigenvalue weighted by atomic mass is 35.5. The first-order valence-corrected chi connectivity index (χ1v) is 7.26. The number of pyridine rings is 1. The van der Waals surface area contributed by atoms with Crippen molar-refractivity contribution in [3.8, 4) is 5.69 Å². The number of rotatable bonds is 2. The summed E-state index contributed by atoms with van der Waals surface area (Å²) in [6.07, 6.45) is 3.31. The molecular formula is C16H15ClN4O. The number of hydrogen-bond acceptors (Lipinski definition) is 4. The lowest BCUT2D eigenvalue weighted by atomic mass is 10.2. The van der Waals surface area contributed by atoms with Crippen LogP contribution in [0.15, 0.2) is 41.5 Å². The Hall–Kier alpha value is -2.24. The van der Waals surface area contributed by atoms with Crippen LogP contribution in [0.2, 0.25) is 5.02 Å². The second-order valence-electron chi connectivity index (χ2n) is 5.20. The normalized spacial score (nSPS) is 12.5. The lowest BCUT2D eigenvalue weighted by Crippen LogP contribution is -2.28. The second-order valence-corrected chi connectivity index (χ2v) is 5.60. The standard InChI is InChI=1S/C16H15ClN4O/c1-9-6-7-19-8-13(9)21-15(10(2)18)20-12-5-3-4-11(17)14(12)16(21)22/h3-8,10H,18H2,1-2H3. The lowest BCUT2D eigenvalue weighted by molar-refractivity contribution is 0.694. The molecule has 112 valence electrons. The fourth-order valence-electron chi connectivity index (χ4n) is 2.43. The molecule has 0 aliphatic rings. The molecule has 2 aromatic heterocycles. The van der Waals surface area contributed by atoms with Gasteiger partial charge in [0.1, 0.15) is 5.82 Å². The summed E-state index contributed by atoms with van der Waals surface area (Å²) in [5.74, 6) is 0.482. The Labute approximate surface area is 132 Å². The first kappa shape index (κ1) is 14.7. The van der Waals surface area contributed by atoms with E-state index in [9.17, 15) is 4.79 Å². The van der Waals surface area contributed by atoms with Crippen LogP contribution in [0.3, 0.4) is 0 Å². The smallest absolute Gasteiger partial charge is 0.267 e. The minimum atomic E-state index is -0.407. The fourth-order valence-corrected chi connectivity index (χ4v) is 2.69. The van der Waals surface area contributed by atoms with E-state index in [1.54, 1.807) is 37.5 Å². The van der Waals surface area contributed by atoms with Gasteiger partial charge in [0.25, 0.3) is 5.56 Å². The molecule has 2 heterocycles. The van der Waals surface area contributed by atoms with Gasteiger partial charge in [-0.25, -0.2) is 4.98 Å². The Bertz CT molecular complexity index is 918. The molecule has 1 aromatic carbocycles. The maximum absolute atomic E-state index is 13.0. The average Bonchev–Trinajstić information content (AvgIpc) is 2.48. The summed E-state index contributed by atoms with van der Waals surface area (Å²) in [5.41, 5.74) is 7.90. The van der Waals surface area contributed by atoms with E-state index in [4.69, 9.17) is 17.3 Å². The summed E-state index contributed by atoms with van der Waals surface area (Å²) >= 11 is 6.19. The minimum absolute atomic E-state index is 0.237. The van der Waals surface area contributed by atoms with E-state index >= 15 is 0 Å². The van der Waals surface area contributed by atoms with Gasteiger partial charge in [0.15, 0.2) is 0 Å². The van der Waals surface area contributed by atoms with Crippen molar-refractivity contribution in [1.29, 1.82) is 0 Å². The first-order chi connectivity index (χ1) is 10.5. The predicted octanol–water partition coefficient (Wildman–Crippen LogP) is 2.76. The van der Waals surface area contributed by atoms with Crippen LogP contribution in [0, 0.1) is 6.92 Å². The summed E-state index contributed by atoms with van der Waals surface area (Å²) < 4.78 is 1.50. The van der Waals surface area contributed by atoms with E-state index < -0.39 is 6.04 Å². The zero-order chi connectivity index (χ0) is 15.9. The largest absolute Gasteiger partial charge is 0.322 e. The van der Waals surface area contributed by atoms with Crippen molar-refractivity contribution in [2.24, 2.45) is 5.73 Å². The number of aromatic nitrogens is 3. The third-order valence-electron chi connectivity index (χ3n) is 3.53. The Kier molecular flexibility index (Phi) is 3.68. The van der Waals surface area contributed by atoms with Gasteiger partial charge in [0, 0.05) is 6.20 Å². The number of nitrogens with two attached hydrogens (primary N) is 1.